The summed E-state index contributed by atoms with van der Waals surface area (Å²) in [5, 5.41) is 109. The summed E-state index contributed by atoms with van der Waals surface area (Å²) in [4.78, 5) is 233. The van der Waals surface area contributed by atoms with E-state index in [1.165, 1.54) is 6.92 Å². The van der Waals surface area contributed by atoms with E-state index in [4.69, 9.17) is 5.11 Å². The van der Waals surface area contributed by atoms with Gasteiger partial charge in [-0.2, -0.15) is 4.39 Å². The Morgan fingerprint density at radius 2 is 0.688 bits per heavy atom. The Morgan fingerprint density at radius 1 is 0.349 bits per heavy atom. The Morgan fingerprint density at radius 3 is 1.10 bits per heavy atom. The molecule has 1 saturated heterocycles. The van der Waals surface area contributed by atoms with E-state index in [1.54, 1.807) is 19.6 Å². The van der Waals surface area contributed by atoms with Crippen molar-refractivity contribution in [2.45, 2.75) is 172 Å². The number of hydrogen-bond acceptors (Lipinski definition) is 23. The average Bonchev–Trinajstić information content (AvgIpc) is 0.876. The van der Waals surface area contributed by atoms with Gasteiger partial charge in [-0.25, -0.2) is 19.4 Å². The summed E-state index contributed by atoms with van der Waals surface area (Å²) >= 11 is 0. The molecule has 42 nitrogen and oxygen atoms in total. The number of aliphatic imine (C=N–C) groups is 1. The quantitative estimate of drug-likeness (QED) is 0.00931. The molecule has 0 spiro atoms. The Balaban J connectivity index is 2.99. The number of amides is 10. The number of carbonyl (C=O) groups is 18. The van der Waals surface area contributed by atoms with Gasteiger partial charge in [0.1, 0.15) is 36.3 Å². The number of unbranched alkanes of at least 4 members (excludes halogenated alkanes) is 4. The molecular weight excluding hydrogens is 1450 g/mol. The number of rotatable bonds is 55. The van der Waals surface area contributed by atoms with Crippen molar-refractivity contribution in [1.82, 2.24) is 72.8 Å². The third-order valence-corrected chi connectivity index (χ3v) is 16.4. The summed E-state index contributed by atoms with van der Waals surface area (Å²) in [6.07, 6.45) is -1.81. The summed E-state index contributed by atoms with van der Waals surface area (Å²) in [6.45, 7) is 4.63. The molecule has 0 aromatic rings. The molecule has 6 atom stereocenters. The minimum atomic E-state index is -1.76. The summed E-state index contributed by atoms with van der Waals surface area (Å²) in [5.41, 5.74) is -0.00603. The van der Waals surface area contributed by atoms with Crippen molar-refractivity contribution < 1.29 is 137 Å². The van der Waals surface area contributed by atoms with Crippen LogP contribution in [0.2, 0.25) is 0 Å². The number of carboxylic acids is 9. The summed E-state index contributed by atoms with van der Waals surface area (Å²) in [5.74, 6) is -19.2. The van der Waals surface area contributed by atoms with Gasteiger partial charge in [0, 0.05) is 123 Å². The highest BCUT2D eigenvalue weighted by atomic mass is 19.1. The molecule has 612 valence electrons. The minimum absolute atomic E-state index is 0.00515. The Labute approximate surface area is 626 Å². The van der Waals surface area contributed by atoms with Crippen LogP contribution in [-0.4, -0.2) is 320 Å². The second-order valence-electron chi connectivity index (χ2n) is 25.4. The molecule has 109 heavy (non-hydrogen) atoms. The van der Waals surface area contributed by atoms with Crippen LogP contribution in [0.15, 0.2) is 28.7 Å². The number of nitrogens with zero attached hydrogens (tertiary/aromatic N) is 5. The van der Waals surface area contributed by atoms with Crippen molar-refractivity contribution in [2.75, 3.05) is 105 Å². The molecule has 0 radical (unpaired) electrons. The summed E-state index contributed by atoms with van der Waals surface area (Å²) in [7, 11) is 0. The first kappa shape index (κ1) is 96.2. The molecule has 43 heteroatoms. The third kappa shape index (κ3) is 47.5. The van der Waals surface area contributed by atoms with Gasteiger partial charge in [-0.3, -0.25) is 91.5 Å². The van der Waals surface area contributed by atoms with Crippen molar-refractivity contribution in [3.8, 4) is 0 Å². The fourth-order valence-corrected chi connectivity index (χ4v) is 10.5. The second kappa shape index (κ2) is 54.7. The van der Waals surface area contributed by atoms with Crippen LogP contribution in [0.3, 0.4) is 0 Å². The van der Waals surface area contributed by atoms with E-state index in [2.05, 4.69) is 59.6 Å². The van der Waals surface area contributed by atoms with Gasteiger partial charge in [0.15, 0.2) is 0 Å². The van der Waals surface area contributed by atoms with Crippen LogP contribution in [0.4, 0.5) is 9.18 Å². The maximum absolute atomic E-state index is 13.8. The van der Waals surface area contributed by atoms with E-state index in [0.29, 0.717) is 6.42 Å². The monoisotopic (exact) mass is 1560 g/mol. The molecule has 0 aromatic heterocycles. The van der Waals surface area contributed by atoms with Crippen molar-refractivity contribution in [3.63, 3.8) is 0 Å². The number of nitrogens with one attached hydrogen (secondary N) is 10. The predicted octanol–water partition coefficient (Wildman–Crippen LogP) is -3.33. The lowest BCUT2D eigenvalue weighted by Crippen LogP contribution is -2.57. The molecule has 0 aliphatic carbocycles. The van der Waals surface area contributed by atoms with E-state index in [0.717, 1.165) is 12.2 Å². The number of carbonyl (C=O) groups excluding carboxylic acids is 9. The van der Waals surface area contributed by atoms with Crippen LogP contribution in [0.25, 0.3) is 0 Å². The molecule has 6 unspecified atom stereocenters. The maximum atomic E-state index is 13.8. The maximum Gasteiger partial charge on any atom is 0.326 e. The van der Waals surface area contributed by atoms with Crippen molar-refractivity contribution in [1.29, 1.82) is 0 Å². The van der Waals surface area contributed by atoms with Crippen LogP contribution in [-0.2, 0) is 81.5 Å². The van der Waals surface area contributed by atoms with Gasteiger partial charge in [0.05, 0.1) is 26.2 Å². The van der Waals surface area contributed by atoms with Gasteiger partial charge in [0.25, 0.3) is 0 Å². The van der Waals surface area contributed by atoms with Crippen LogP contribution in [0, 0.1) is 0 Å². The smallest absolute Gasteiger partial charge is 0.326 e. The molecule has 10 amide bonds. The molecule has 1 aliphatic rings. The highest BCUT2D eigenvalue weighted by Gasteiger charge is 2.32. The van der Waals surface area contributed by atoms with Gasteiger partial charge in [-0.1, -0.05) is 6.42 Å². The first-order chi connectivity index (χ1) is 51.5. The third-order valence-electron chi connectivity index (χ3n) is 16.4. The fraction of sp³-hybridized carbons (Fsp3) is 0.652. The fourth-order valence-electron chi connectivity index (χ4n) is 10.5. The number of aliphatic carboxylic acids is 9. The van der Waals surface area contributed by atoms with Gasteiger partial charge in [0.2, 0.25) is 53.2 Å². The lowest BCUT2D eigenvalue weighted by Gasteiger charge is -2.32. The number of halogens is 1. The van der Waals surface area contributed by atoms with E-state index >= 15 is 0 Å². The van der Waals surface area contributed by atoms with Crippen LogP contribution in [0.5, 0.6) is 0 Å². The minimum Gasteiger partial charge on any atom is -0.481 e. The number of urea groups is 1. The zero-order chi connectivity index (χ0) is 82.0. The lowest BCUT2D eigenvalue weighted by molar-refractivity contribution is -0.141. The Kier molecular flexibility index (Phi) is 48.3. The molecule has 1 rings (SSSR count). The molecule has 1 heterocycles. The highest BCUT2D eigenvalue weighted by Crippen LogP contribution is 2.12. The van der Waals surface area contributed by atoms with Crippen LogP contribution >= 0.6 is 0 Å². The van der Waals surface area contributed by atoms with E-state index in [1.807, 2.05) is 5.32 Å². The number of hydrogen-bond donors (Lipinski definition) is 19. The van der Waals surface area contributed by atoms with E-state index in [-0.39, 0.29) is 181 Å². The molecule has 0 bridgehead atoms. The van der Waals surface area contributed by atoms with Crippen molar-refractivity contribution in [3.05, 3.63) is 23.7 Å². The summed E-state index contributed by atoms with van der Waals surface area (Å²) < 4.78 is 13.7. The van der Waals surface area contributed by atoms with Gasteiger partial charge < -0.3 is 99.1 Å². The first-order valence-electron chi connectivity index (χ1n) is 35.2. The van der Waals surface area contributed by atoms with Gasteiger partial charge in [-0.15, -0.1) is 0 Å². The van der Waals surface area contributed by atoms with Crippen LogP contribution < -0.4 is 53.2 Å². The van der Waals surface area contributed by atoms with E-state index < -0.39 is 201 Å². The standard InChI is InChI=1S/C66H104FN15O27/c1-41(15-20-48(67)68-2)59(100)74-42(11-5-8-26-70-51(85)37-79-29-31-80(38-56(94)95)33-35-82(40-58(98)99)36-34-81(32-30-79)39-57(96)97)60(101)71-27-7-3-4-13-50(84)73-44(17-22-53(88)89)62(103)76-45(18-23-54(90)91)63(104)75-43(16-21-52(86)87)61(102)72-28-10-14-49(83)69-25-9-6-12-46(64(105)106)77-66(109)78-47(65(107)108)19-24-55(92)93/h15,20,42-47H,2-14,16-19,21-40H2,1H3,(H,69,83)(H,70,85)(H,71,101)(H,72,102)(H,73,84)(H,74,100)(H,75,104)(H,76,103)(H,86,87)(H,88,89)(H,90,91)(H,92,93)(H,94,95)(H,96,97)(H,98,99)(H,105,106)(H,107,108)(H2,77,78,109)/b41-15+,48-20-. The van der Waals surface area contributed by atoms with Crippen molar-refractivity contribution in [2.24, 2.45) is 4.99 Å². The topological polar surface area (TPSA) is 635 Å². The van der Waals surface area contributed by atoms with Crippen LogP contribution in [0.1, 0.15) is 135 Å². The van der Waals surface area contributed by atoms with E-state index in [9.17, 15) is 132 Å². The number of carboxylic acid groups (broad SMARTS) is 9. The zero-order valence-electron chi connectivity index (χ0n) is 60.8. The normalized spacial score (nSPS) is 15.1. The largest absolute Gasteiger partial charge is 0.481 e. The number of allylic oxidation sites excluding steroid dienone is 2. The predicted molar refractivity (Wildman–Crippen MR) is 378 cm³/mol. The van der Waals surface area contributed by atoms with Gasteiger partial charge >= 0.3 is 59.8 Å². The molecule has 0 aromatic carbocycles. The van der Waals surface area contributed by atoms with Gasteiger partial charge in [-0.05, 0) is 109 Å². The molecule has 1 aliphatic heterocycles. The Bertz CT molecular complexity index is 3150. The lowest BCUT2D eigenvalue weighted by atomic mass is 10.1. The van der Waals surface area contributed by atoms with Crippen molar-refractivity contribution >= 4 is 114 Å². The molecule has 19 N–H and O–H groups in total. The molecule has 1 fully saturated rings. The highest BCUT2D eigenvalue weighted by molar-refractivity contribution is 5.97. The molecular formula is C66H104FN15O27. The summed E-state index contributed by atoms with van der Waals surface area (Å²) in [6, 6.07) is -10.4. The second-order valence-corrected chi connectivity index (χ2v) is 25.4. The SMILES string of the molecule is C=N/C(F)=C\C=C(/C)C(=O)NC(CCCCNC(=O)CN1CCN(CC(=O)O)CCN(CC(=O)O)CCN(CC(=O)O)CC1)C(=O)NCCCCCC(=O)NC(CCC(=O)O)C(=O)NC(CCC(=O)O)C(=O)NC(CCC(=O)O)C(=O)NCCCC(=O)NCCCCC(NC(=O)NC(CCC(=O)O)C(=O)O)C(=O)O. The zero-order valence-corrected chi connectivity index (χ0v) is 60.8. The molecule has 0 saturated carbocycles. The first-order valence-corrected chi connectivity index (χ1v) is 35.2. The average molecular weight is 1560 g/mol. The Hall–Kier alpha value is -10.8.